The predicted molar refractivity (Wildman–Crippen MR) is 102 cm³/mol. The van der Waals surface area contributed by atoms with Crippen molar-refractivity contribution in [2.45, 2.75) is 45.6 Å². The van der Waals surface area contributed by atoms with Crippen LogP contribution in [0, 0.1) is 11.8 Å². The SMILES string of the molecule is CCCc1cn(CC2CCN(C(=O)[C@H]3COc4ccccc4C3)CC2)nn1. The van der Waals surface area contributed by atoms with Gasteiger partial charge in [-0.05, 0) is 43.2 Å². The molecule has 2 aliphatic rings. The number of hydrogen-bond acceptors (Lipinski definition) is 4. The molecule has 3 heterocycles. The van der Waals surface area contributed by atoms with Crippen LogP contribution in [0.3, 0.4) is 0 Å². The molecule has 1 saturated heterocycles. The first kappa shape index (κ1) is 18.0. The maximum atomic E-state index is 12.9. The standard InChI is InChI=1S/C21H28N4O2/c1-2-5-19-14-25(23-22-19)13-16-8-10-24(11-9-16)21(26)18-12-17-6-3-4-7-20(17)27-15-18/h3-4,6-7,14,16,18H,2,5,8-13,15H2,1H3/t18-/m1/s1. The second-order valence-electron chi connectivity index (χ2n) is 7.77. The minimum absolute atomic E-state index is 0.0524. The van der Waals surface area contributed by atoms with Gasteiger partial charge in [-0.1, -0.05) is 36.8 Å². The van der Waals surface area contributed by atoms with Gasteiger partial charge in [0.2, 0.25) is 5.91 Å². The average Bonchev–Trinajstić information content (AvgIpc) is 3.15. The highest BCUT2D eigenvalue weighted by atomic mass is 16.5. The van der Waals surface area contributed by atoms with E-state index in [0.29, 0.717) is 12.5 Å². The molecule has 2 aliphatic heterocycles. The van der Waals surface area contributed by atoms with Crippen LogP contribution in [-0.2, 0) is 24.2 Å². The van der Waals surface area contributed by atoms with E-state index in [2.05, 4.69) is 29.5 Å². The van der Waals surface area contributed by atoms with Crippen LogP contribution in [0.15, 0.2) is 30.5 Å². The number of carbonyl (C=O) groups excluding carboxylic acids is 1. The molecule has 0 N–H and O–H groups in total. The predicted octanol–water partition coefficient (Wildman–Crippen LogP) is 2.72. The van der Waals surface area contributed by atoms with Gasteiger partial charge in [0, 0.05) is 25.8 Å². The van der Waals surface area contributed by atoms with E-state index in [1.54, 1.807) is 0 Å². The largest absolute Gasteiger partial charge is 0.492 e. The van der Waals surface area contributed by atoms with E-state index in [0.717, 1.165) is 68.7 Å². The zero-order valence-corrected chi connectivity index (χ0v) is 16.0. The lowest BCUT2D eigenvalue weighted by molar-refractivity contribution is -0.138. The number of likely N-dealkylation sites (tertiary alicyclic amines) is 1. The zero-order valence-electron chi connectivity index (χ0n) is 16.0. The summed E-state index contributed by atoms with van der Waals surface area (Å²) in [5, 5.41) is 8.48. The van der Waals surface area contributed by atoms with Crippen LogP contribution in [0.25, 0.3) is 0 Å². The maximum Gasteiger partial charge on any atom is 0.229 e. The van der Waals surface area contributed by atoms with E-state index < -0.39 is 0 Å². The van der Waals surface area contributed by atoms with Crippen LogP contribution in [0.1, 0.15) is 37.4 Å². The quantitative estimate of drug-likeness (QED) is 0.814. The second-order valence-corrected chi connectivity index (χ2v) is 7.77. The van der Waals surface area contributed by atoms with Crippen LogP contribution in [-0.4, -0.2) is 45.5 Å². The molecular weight excluding hydrogens is 340 g/mol. The van der Waals surface area contributed by atoms with Crippen molar-refractivity contribution in [2.75, 3.05) is 19.7 Å². The van der Waals surface area contributed by atoms with Crippen LogP contribution in [0.5, 0.6) is 5.75 Å². The van der Waals surface area contributed by atoms with Gasteiger partial charge < -0.3 is 9.64 Å². The number of fused-ring (bicyclic) bond motifs is 1. The van der Waals surface area contributed by atoms with Gasteiger partial charge in [-0.3, -0.25) is 9.48 Å². The number of benzene rings is 1. The summed E-state index contributed by atoms with van der Waals surface area (Å²) in [7, 11) is 0. The topological polar surface area (TPSA) is 60.2 Å². The molecule has 4 rings (SSSR count). The Balaban J connectivity index is 1.28. The highest BCUT2D eigenvalue weighted by molar-refractivity contribution is 5.80. The fraction of sp³-hybridized carbons (Fsp3) is 0.571. The normalized spacial score (nSPS) is 20.2. The molecule has 6 nitrogen and oxygen atoms in total. The molecule has 1 fully saturated rings. The average molecular weight is 368 g/mol. The van der Waals surface area contributed by atoms with Gasteiger partial charge in [0.05, 0.1) is 11.6 Å². The van der Waals surface area contributed by atoms with Gasteiger partial charge in [0.25, 0.3) is 0 Å². The van der Waals surface area contributed by atoms with Crippen molar-refractivity contribution in [1.29, 1.82) is 0 Å². The van der Waals surface area contributed by atoms with Gasteiger partial charge >= 0.3 is 0 Å². The molecule has 1 atom stereocenters. The molecule has 1 amide bonds. The molecule has 0 aliphatic carbocycles. The highest BCUT2D eigenvalue weighted by Gasteiger charge is 2.31. The van der Waals surface area contributed by atoms with Crippen molar-refractivity contribution in [1.82, 2.24) is 19.9 Å². The molecule has 0 radical (unpaired) electrons. The Morgan fingerprint density at radius 3 is 2.89 bits per heavy atom. The van der Waals surface area contributed by atoms with E-state index in [9.17, 15) is 4.79 Å². The van der Waals surface area contributed by atoms with Gasteiger partial charge in [-0.15, -0.1) is 5.10 Å². The Kier molecular flexibility index (Phi) is 5.41. The third-order valence-corrected chi connectivity index (χ3v) is 5.69. The summed E-state index contributed by atoms with van der Waals surface area (Å²) in [5.74, 6) is 1.68. The molecule has 2 aromatic rings. The fourth-order valence-corrected chi connectivity index (χ4v) is 4.14. The van der Waals surface area contributed by atoms with Gasteiger partial charge in [0.1, 0.15) is 12.4 Å². The number of para-hydroxylation sites is 1. The van der Waals surface area contributed by atoms with Crippen molar-refractivity contribution >= 4 is 5.91 Å². The first-order chi connectivity index (χ1) is 13.2. The molecular formula is C21H28N4O2. The van der Waals surface area contributed by atoms with Crippen molar-refractivity contribution in [2.24, 2.45) is 11.8 Å². The van der Waals surface area contributed by atoms with E-state index in [-0.39, 0.29) is 11.8 Å². The lowest BCUT2D eigenvalue weighted by atomic mass is 9.92. The number of ether oxygens (including phenoxy) is 1. The van der Waals surface area contributed by atoms with Crippen LogP contribution >= 0.6 is 0 Å². The Hall–Kier alpha value is -2.37. The first-order valence-electron chi connectivity index (χ1n) is 10.1. The number of aromatic nitrogens is 3. The van der Waals surface area contributed by atoms with Gasteiger partial charge in [-0.25, -0.2) is 0 Å². The zero-order chi connectivity index (χ0) is 18.6. The maximum absolute atomic E-state index is 12.9. The monoisotopic (exact) mass is 368 g/mol. The molecule has 27 heavy (non-hydrogen) atoms. The summed E-state index contributed by atoms with van der Waals surface area (Å²) >= 11 is 0. The smallest absolute Gasteiger partial charge is 0.229 e. The van der Waals surface area contributed by atoms with E-state index in [4.69, 9.17) is 4.74 Å². The van der Waals surface area contributed by atoms with Gasteiger partial charge in [0.15, 0.2) is 0 Å². The third kappa shape index (κ3) is 4.15. The number of piperidine rings is 1. The number of amides is 1. The molecule has 1 aromatic heterocycles. The Bertz CT molecular complexity index is 780. The summed E-state index contributed by atoms with van der Waals surface area (Å²) in [5.41, 5.74) is 2.22. The fourth-order valence-electron chi connectivity index (χ4n) is 4.14. The summed E-state index contributed by atoms with van der Waals surface area (Å²) in [6.07, 6.45) is 6.98. The minimum atomic E-state index is -0.0524. The lowest BCUT2D eigenvalue weighted by Crippen LogP contribution is -2.45. The molecule has 0 unspecified atom stereocenters. The number of nitrogens with zero attached hydrogens (tertiary/aromatic N) is 4. The Morgan fingerprint density at radius 2 is 2.07 bits per heavy atom. The lowest BCUT2D eigenvalue weighted by Gasteiger charge is -2.35. The summed E-state index contributed by atoms with van der Waals surface area (Å²) < 4.78 is 7.78. The first-order valence-corrected chi connectivity index (χ1v) is 10.1. The van der Waals surface area contributed by atoms with Crippen molar-refractivity contribution < 1.29 is 9.53 Å². The van der Waals surface area contributed by atoms with Crippen molar-refractivity contribution in [3.8, 4) is 5.75 Å². The Labute approximate surface area is 160 Å². The highest BCUT2D eigenvalue weighted by Crippen LogP contribution is 2.29. The summed E-state index contributed by atoms with van der Waals surface area (Å²) in [6.45, 7) is 5.21. The molecule has 0 bridgehead atoms. The Morgan fingerprint density at radius 1 is 1.26 bits per heavy atom. The molecule has 0 spiro atoms. The number of aryl methyl sites for hydroxylation is 1. The molecule has 0 saturated carbocycles. The van der Waals surface area contributed by atoms with E-state index in [1.165, 1.54) is 0 Å². The summed E-state index contributed by atoms with van der Waals surface area (Å²) in [6, 6.07) is 8.03. The third-order valence-electron chi connectivity index (χ3n) is 5.69. The van der Waals surface area contributed by atoms with Crippen LogP contribution in [0.4, 0.5) is 0 Å². The van der Waals surface area contributed by atoms with E-state index >= 15 is 0 Å². The van der Waals surface area contributed by atoms with Gasteiger partial charge in [-0.2, -0.15) is 0 Å². The number of carbonyl (C=O) groups is 1. The van der Waals surface area contributed by atoms with Crippen LogP contribution in [0.2, 0.25) is 0 Å². The summed E-state index contributed by atoms with van der Waals surface area (Å²) in [4.78, 5) is 15.0. The van der Waals surface area contributed by atoms with Crippen LogP contribution < -0.4 is 4.74 Å². The van der Waals surface area contributed by atoms with E-state index in [1.807, 2.05) is 27.8 Å². The second kappa shape index (κ2) is 8.11. The molecule has 1 aromatic carbocycles. The number of hydrogen-bond donors (Lipinski definition) is 0. The van der Waals surface area contributed by atoms with Crippen molar-refractivity contribution in [3.05, 3.63) is 41.7 Å². The molecule has 144 valence electrons. The number of rotatable bonds is 5. The molecule has 6 heteroatoms. The van der Waals surface area contributed by atoms with Crippen molar-refractivity contribution in [3.63, 3.8) is 0 Å². The minimum Gasteiger partial charge on any atom is -0.492 e.